The predicted octanol–water partition coefficient (Wildman–Crippen LogP) is 2.58. The van der Waals surface area contributed by atoms with Gasteiger partial charge in [0, 0.05) is 32.4 Å². The van der Waals surface area contributed by atoms with Gasteiger partial charge in [-0.25, -0.2) is 0 Å². The number of nitrogens with zero attached hydrogens (tertiary/aromatic N) is 1. The highest BCUT2D eigenvalue weighted by Gasteiger charge is 2.16. The van der Waals surface area contributed by atoms with Crippen molar-refractivity contribution in [3.8, 4) is 0 Å². The molecular weight excluding hydrogens is 264 g/mol. The maximum Gasteiger partial charge on any atom is 0.0947 e. The smallest absolute Gasteiger partial charge is 0.0947 e. The van der Waals surface area contributed by atoms with Crippen LogP contribution in [0.4, 0.5) is 5.69 Å². The summed E-state index contributed by atoms with van der Waals surface area (Å²) in [5, 5.41) is 13.5. The van der Waals surface area contributed by atoms with Crippen LogP contribution in [0.1, 0.15) is 38.3 Å². The summed E-state index contributed by atoms with van der Waals surface area (Å²) in [6.45, 7) is 6.32. The van der Waals surface area contributed by atoms with Crippen LogP contribution < -0.4 is 10.2 Å². The number of ether oxygens (including phenoxy) is 1. The van der Waals surface area contributed by atoms with Gasteiger partial charge in [-0.1, -0.05) is 32.0 Å². The summed E-state index contributed by atoms with van der Waals surface area (Å²) in [4.78, 5) is 2.11. The second-order valence-electron chi connectivity index (χ2n) is 5.46. The van der Waals surface area contributed by atoms with Crippen molar-refractivity contribution in [3.63, 3.8) is 0 Å². The number of hydrogen-bond donors (Lipinski definition) is 2. The van der Waals surface area contributed by atoms with Gasteiger partial charge in [0.2, 0.25) is 0 Å². The number of nitrogens with one attached hydrogen (secondary N) is 1. The Morgan fingerprint density at radius 3 is 2.62 bits per heavy atom. The number of anilines is 1. The first-order valence-corrected chi connectivity index (χ1v) is 7.84. The maximum absolute atomic E-state index is 9.93. The fourth-order valence-electron chi connectivity index (χ4n) is 2.58. The monoisotopic (exact) mass is 294 g/mol. The Morgan fingerprint density at radius 2 is 2.00 bits per heavy atom. The number of aliphatic hydroxyl groups is 1. The Bertz CT molecular complexity index is 398. The topological polar surface area (TPSA) is 44.7 Å². The molecule has 2 N–H and O–H groups in total. The number of benzene rings is 1. The number of rotatable bonds is 10. The number of para-hydroxylation sites is 1. The van der Waals surface area contributed by atoms with Gasteiger partial charge in [-0.2, -0.15) is 0 Å². The predicted molar refractivity (Wildman–Crippen MR) is 88.9 cm³/mol. The standard InChI is InChI=1S/C17H30N2O2/c1-5-11-18-16(6-2)15-9-7-8-10-17(15)19(3)12-14(20)13-21-4/h7-10,14,16,18,20H,5-6,11-13H2,1-4H3. The first-order valence-electron chi connectivity index (χ1n) is 7.84. The molecule has 0 spiro atoms. The van der Waals surface area contributed by atoms with E-state index in [1.165, 1.54) is 11.3 Å². The summed E-state index contributed by atoms with van der Waals surface area (Å²) in [6, 6.07) is 8.76. The third-order valence-electron chi connectivity index (χ3n) is 3.62. The number of hydrogen-bond acceptors (Lipinski definition) is 4. The van der Waals surface area contributed by atoms with E-state index in [1.807, 2.05) is 13.1 Å². The first kappa shape index (κ1) is 18.0. The van der Waals surface area contributed by atoms with Crippen LogP contribution in [0.3, 0.4) is 0 Å². The molecule has 4 heteroatoms. The van der Waals surface area contributed by atoms with E-state index in [-0.39, 0.29) is 0 Å². The van der Waals surface area contributed by atoms with Gasteiger partial charge in [-0.15, -0.1) is 0 Å². The Morgan fingerprint density at radius 1 is 1.29 bits per heavy atom. The molecule has 21 heavy (non-hydrogen) atoms. The zero-order valence-corrected chi connectivity index (χ0v) is 13.8. The molecule has 0 aliphatic heterocycles. The van der Waals surface area contributed by atoms with E-state index < -0.39 is 6.10 Å². The molecule has 1 rings (SSSR count). The number of likely N-dealkylation sites (N-methyl/N-ethyl adjacent to an activating group) is 1. The van der Waals surface area contributed by atoms with Crippen molar-refractivity contribution in [1.82, 2.24) is 5.32 Å². The average Bonchev–Trinajstić information content (AvgIpc) is 2.48. The van der Waals surface area contributed by atoms with Crippen molar-refractivity contribution in [3.05, 3.63) is 29.8 Å². The third kappa shape index (κ3) is 5.65. The maximum atomic E-state index is 9.93. The van der Waals surface area contributed by atoms with Crippen LogP contribution >= 0.6 is 0 Å². The molecule has 0 aliphatic carbocycles. The van der Waals surface area contributed by atoms with E-state index in [4.69, 9.17) is 4.74 Å². The van der Waals surface area contributed by atoms with Gasteiger partial charge in [-0.05, 0) is 31.0 Å². The molecule has 120 valence electrons. The van der Waals surface area contributed by atoms with Crippen molar-refractivity contribution >= 4 is 5.69 Å². The van der Waals surface area contributed by atoms with Gasteiger partial charge in [-0.3, -0.25) is 0 Å². The van der Waals surface area contributed by atoms with E-state index in [9.17, 15) is 5.11 Å². The minimum atomic E-state index is -0.475. The van der Waals surface area contributed by atoms with Gasteiger partial charge in [0.1, 0.15) is 0 Å². The van der Waals surface area contributed by atoms with Crippen molar-refractivity contribution in [2.24, 2.45) is 0 Å². The van der Waals surface area contributed by atoms with Gasteiger partial charge >= 0.3 is 0 Å². The molecule has 0 bridgehead atoms. The minimum absolute atomic E-state index is 0.350. The Labute approximate surface area is 129 Å². The van der Waals surface area contributed by atoms with Gasteiger partial charge in [0.15, 0.2) is 0 Å². The normalized spacial score (nSPS) is 14.0. The van der Waals surface area contributed by atoms with Crippen LogP contribution in [-0.2, 0) is 4.74 Å². The summed E-state index contributed by atoms with van der Waals surface area (Å²) in [7, 11) is 3.63. The fourth-order valence-corrected chi connectivity index (χ4v) is 2.58. The molecule has 4 nitrogen and oxygen atoms in total. The lowest BCUT2D eigenvalue weighted by molar-refractivity contribution is 0.0695. The van der Waals surface area contributed by atoms with Crippen LogP contribution in [-0.4, -0.2) is 45.1 Å². The van der Waals surface area contributed by atoms with E-state index in [0.29, 0.717) is 19.2 Å². The van der Waals surface area contributed by atoms with Gasteiger partial charge < -0.3 is 20.1 Å². The Kier molecular flexibility index (Phi) is 8.35. The van der Waals surface area contributed by atoms with E-state index in [2.05, 4.69) is 42.3 Å². The molecule has 1 aromatic carbocycles. The van der Waals surface area contributed by atoms with Crippen molar-refractivity contribution < 1.29 is 9.84 Å². The summed E-state index contributed by atoms with van der Waals surface area (Å²) in [5.41, 5.74) is 2.46. The summed E-state index contributed by atoms with van der Waals surface area (Å²) in [6.07, 6.45) is 1.70. The second kappa shape index (κ2) is 9.77. The van der Waals surface area contributed by atoms with Crippen molar-refractivity contribution in [2.45, 2.75) is 38.8 Å². The molecular formula is C17H30N2O2. The number of aliphatic hydroxyl groups excluding tert-OH is 1. The molecule has 0 heterocycles. The van der Waals surface area contributed by atoms with Crippen molar-refractivity contribution in [1.29, 1.82) is 0 Å². The summed E-state index contributed by atoms with van der Waals surface area (Å²) < 4.78 is 5.00. The van der Waals surface area contributed by atoms with Gasteiger partial charge in [0.05, 0.1) is 12.7 Å². The molecule has 2 atom stereocenters. The highest BCUT2D eigenvalue weighted by molar-refractivity contribution is 5.54. The first-order chi connectivity index (χ1) is 10.1. The quantitative estimate of drug-likeness (QED) is 0.696. The fraction of sp³-hybridized carbons (Fsp3) is 0.647. The molecule has 0 fully saturated rings. The van der Waals surface area contributed by atoms with E-state index >= 15 is 0 Å². The average molecular weight is 294 g/mol. The molecule has 0 saturated heterocycles. The summed E-state index contributed by atoms with van der Waals surface area (Å²) >= 11 is 0. The lowest BCUT2D eigenvalue weighted by Gasteiger charge is -2.28. The lowest BCUT2D eigenvalue weighted by atomic mass is 10.0. The molecule has 0 saturated carbocycles. The number of methoxy groups -OCH3 is 1. The summed E-state index contributed by atoms with van der Waals surface area (Å²) in [5.74, 6) is 0. The van der Waals surface area contributed by atoms with Crippen LogP contribution in [0, 0.1) is 0 Å². The molecule has 0 aliphatic rings. The lowest BCUT2D eigenvalue weighted by Crippen LogP contribution is -2.33. The molecule has 1 aromatic rings. The highest BCUT2D eigenvalue weighted by Crippen LogP contribution is 2.27. The van der Waals surface area contributed by atoms with Crippen molar-refractivity contribution in [2.75, 3.05) is 38.8 Å². The zero-order valence-electron chi connectivity index (χ0n) is 13.8. The SMILES string of the molecule is CCCNC(CC)c1ccccc1N(C)CC(O)COC. The third-order valence-corrected chi connectivity index (χ3v) is 3.62. The largest absolute Gasteiger partial charge is 0.389 e. The van der Waals surface area contributed by atoms with E-state index in [0.717, 1.165) is 19.4 Å². The molecule has 0 aromatic heterocycles. The van der Waals surface area contributed by atoms with Crippen LogP contribution in [0.15, 0.2) is 24.3 Å². The van der Waals surface area contributed by atoms with Gasteiger partial charge in [0.25, 0.3) is 0 Å². The van der Waals surface area contributed by atoms with Crippen LogP contribution in [0.25, 0.3) is 0 Å². The van der Waals surface area contributed by atoms with E-state index in [1.54, 1.807) is 7.11 Å². The molecule has 0 radical (unpaired) electrons. The second-order valence-corrected chi connectivity index (χ2v) is 5.46. The highest BCUT2D eigenvalue weighted by atomic mass is 16.5. The minimum Gasteiger partial charge on any atom is -0.389 e. The zero-order chi connectivity index (χ0) is 15.7. The van der Waals surface area contributed by atoms with Crippen LogP contribution in [0.5, 0.6) is 0 Å². The van der Waals surface area contributed by atoms with Crippen LogP contribution in [0.2, 0.25) is 0 Å². The molecule has 2 unspecified atom stereocenters. The molecule has 0 amide bonds. The Hall–Kier alpha value is -1.10. The Balaban J connectivity index is 2.86.